The Kier molecular flexibility index (Phi) is 5.69. The standard InChI is InChI=1S/C18H19F3N2O3.ClH/c19-18(20,21)17-7-13(23-26-17)12-3-1-2-4-15(12)25-16-6-11-9-22-8-10(11)5-14(16)24;/h1-4,7,10-11,14,16,22,24H,5-6,8-9H2;1H/t10-,11+,14+,16+;/m0./s1. The minimum absolute atomic E-state index is 0. The summed E-state index contributed by atoms with van der Waals surface area (Å²) in [6, 6.07) is 7.58. The van der Waals surface area contributed by atoms with E-state index in [1.807, 2.05) is 0 Å². The Hall–Kier alpha value is -1.77. The molecular formula is C18H20ClF3N2O3. The molecule has 1 saturated carbocycles. The number of fused-ring (bicyclic) bond motifs is 1. The van der Waals surface area contributed by atoms with E-state index in [1.165, 1.54) is 0 Å². The van der Waals surface area contributed by atoms with Crippen LogP contribution in [0.4, 0.5) is 13.2 Å². The van der Waals surface area contributed by atoms with Crippen molar-refractivity contribution in [2.75, 3.05) is 13.1 Å². The average molecular weight is 405 g/mol. The van der Waals surface area contributed by atoms with E-state index in [0.29, 0.717) is 36.0 Å². The van der Waals surface area contributed by atoms with Gasteiger partial charge in [-0.1, -0.05) is 17.3 Å². The number of aromatic nitrogens is 1. The van der Waals surface area contributed by atoms with E-state index in [0.717, 1.165) is 19.2 Å². The predicted molar refractivity (Wildman–Crippen MR) is 93.7 cm³/mol. The first-order chi connectivity index (χ1) is 12.4. The Morgan fingerprint density at radius 1 is 1.15 bits per heavy atom. The van der Waals surface area contributed by atoms with E-state index in [4.69, 9.17) is 4.74 Å². The monoisotopic (exact) mass is 404 g/mol. The number of rotatable bonds is 3. The first-order valence-corrected chi connectivity index (χ1v) is 8.60. The van der Waals surface area contributed by atoms with Crippen LogP contribution in [0.15, 0.2) is 34.9 Å². The van der Waals surface area contributed by atoms with Gasteiger partial charge in [0.25, 0.3) is 0 Å². The lowest BCUT2D eigenvalue weighted by Gasteiger charge is -2.35. The number of hydrogen-bond acceptors (Lipinski definition) is 5. The maximum Gasteiger partial charge on any atom is 0.452 e. The molecule has 0 amide bonds. The Morgan fingerprint density at radius 3 is 2.56 bits per heavy atom. The van der Waals surface area contributed by atoms with Crippen LogP contribution >= 0.6 is 12.4 Å². The summed E-state index contributed by atoms with van der Waals surface area (Å²) in [6.45, 7) is 1.81. The number of nitrogens with zero attached hydrogens (tertiary/aromatic N) is 1. The van der Waals surface area contributed by atoms with Gasteiger partial charge in [0.05, 0.1) is 6.10 Å². The van der Waals surface area contributed by atoms with Gasteiger partial charge in [0.15, 0.2) is 0 Å². The van der Waals surface area contributed by atoms with Gasteiger partial charge in [0.2, 0.25) is 5.76 Å². The molecule has 1 aliphatic carbocycles. The van der Waals surface area contributed by atoms with Crippen LogP contribution in [-0.2, 0) is 6.18 Å². The molecule has 2 heterocycles. The number of halogens is 4. The number of benzene rings is 1. The lowest BCUT2D eigenvalue weighted by atomic mass is 9.78. The highest BCUT2D eigenvalue weighted by atomic mass is 35.5. The summed E-state index contributed by atoms with van der Waals surface area (Å²) in [4.78, 5) is 0. The lowest BCUT2D eigenvalue weighted by molar-refractivity contribution is -0.155. The van der Waals surface area contributed by atoms with Crippen LogP contribution in [0, 0.1) is 11.8 Å². The van der Waals surface area contributed by atoms with Crippen LogP contribution in [0.3, 0.4) is 0 Å². The molecule has 2 aromatic rings. The van der Waals surface area contributed by atoms with Crippen molar-refractivity contribution < 1.29 is 27.5 Å². The summed E-state index contributed by atoms with van der Waals surface area (Å²) in [5.41, 5.74) is 0.462. The molecule has 0 spiro atoms. The zero-order valence-corrected chi connectivity index (χ0v) is 15.1. The highest BCUT2D eigenvalue weighted by Gasteiger charge is 2.40. The van der Waals surface area contributed by atoms with Gasteiger partial charge in [-0.15, -0.1) is 12.4 Å². The van der Waals surface area contributed by atoms with Gasteiger partial charge in [-0.25, -0.2) is 0 Å². The Labute approximate surface area is 160 Å². The number of nitrogens with one attached hydrogen (secondary N) is 1. The summed E-state index contributed by atoms with van der Waals surface area (Å²) < 4.78 is 48.7. The van der Waals surface area contributed by atoms with Crippen LogP contribution in [-0.4, -0.2) is 35.6 Å². The average Bonchev–Trinajstić information content (AvgIpc) is 3.24. The van der Waals surface area contributed by atoms with Crippen molar-refractivity contribution in [3.63, 3.8) is 0 Å². The molecule has 0 unspecified atom stereocenters. The molecule has 0 radical (unpaired) electrons. The highest BCUT2D eigenvalue weighted by molar-refractivity contribution is 5.85. The molecule has 9 heteroatoms. The molecule has 5 nitrogen and oxygen atoms in total. The van der Waals surface area contributed by atoms with Crippen LogP contribution in [0.2, 0.25) is 0 Å². The molecule has 1 aliphatic heterocycles. The van der Waals surface area contributed by atoms with Gasteiger partial charge in [-0.2, -0.15) is 13.2 Å². The molecule has 2 fully saturated rings. The van der Waals surface area contributed by atoms with E-state index in [9.17, 15) is 18.3 Å². The highest BCUT2D eigenvalue weighted by Crippen LogP contribution is 2.38. The first-order valence-electron chi connectivity index (χ1n) is 8.60. The molecular weight excluding hydrogens is 385 g/mol. The minimum atomic E-state index is -4.59. The van der Waals surface area contributed by atoms with Gasteiger partial charge in [-0.3, -0.25) is 0 Å². The fourth-order valence-corrected chi connectivity index (χ4v) is 3.86. The maximum atomic E-state index is 12.8. The minimum Gasteiger partial charge on any atom is -0.487 e. The third-order valence-electron chi connectivity index (χ3n) is 5.22. The van der Waals surface area contributed by atoms with E-state index in [2.05, 4.69) is 15.0 Å². The smallest absolute Gasteiger partial charge is 0.452 e. The molecule has 4 atom stereocenters. The molecule has 4 rings (SSSR count). The summed E-state index contributed by atoms with van der Waals surface area (Å²) in [5, 5.41) is 17.3. The lowest BCUT2D eigenvalue weighted by Crippen LogP contribution is -2.42. The van der Waals surface area contributed by atoms with Crippen LogP contribution in [0.25, 0.3) is 11.3 Å². The Balaban J connectivity index is 0.00000210. The van der Waals surface area contributed by atoms with Crippen LogP contribution in [0.5, 0.6) is 5.75 Å². The van der Waals surface area contributed by atoms with Crippen molar-refractivity contribution in [3.8, 4) is 17.0 Å². The largest absolute Gasteiger partial charge is 0.487 e. The van der Waals surface area contributed by atoms with E-state index in [-0.39, 0.29) is 18.1 Å². The third kappa shape index (κ3) is 4.07. The van der Waals surface area contributed by atoms with Gasteiger partial charge in [0, 0.05) is 11.6 Å². The molecule has 1 aromatic carbocycles. The normalized spacial score (nSPS) is 27.7. The number of alkyl halides is 3. The van der Waals surface area contributed by atoms with Gasteiger partial charge < -0.3 is 19.7 Å². The number of para-hydroxylation sites is 1. The zero-order valence-electron chi connectivity index (χ0n) is 14.3. The molecule has 2 N–H and O–H groups in total. The Morgan fingerprint density at radius 2 is 1.85 bits per heavy atom. The number of ether oxygens (including phenoxy) is 1. The summed E-state index contributed by atoms with van der Waals surface area (Å²) in [7, 11) is 0. The fourth-order valence-electron chi connectivity index (χ4n) is 3.86. The fraction of sp³-hybridized carbons (Fsp3) is 0.500. The first kappa shape index (κ1) is 20.0. The van der Waals surface area contributed by atoms with Crippen molar-refractivity contribution in [1.82, 2.24) is 10.5 Å². The third-order valence-corrected chi connectivity index (χ3v) is 5.22. The molecule has 148 valence electrons. The number of hydrogen-bond donors (Lipinski definition) is 2. The number of aliphatic hydroxyl groups excluding tert-OH is 1. The second-order valence-corrected chi connectivity index (χ2v) is 6.94. The molecule has 27 heavy (non-hydrogen) atoms. The van der Waals surface area contributed by atoms with Gasteiger partial charge in [-0.05, 0) is 49.9 Å². The zero-order chi connectivity index (χ0) is 18.3. The quantitative estimate of drug-likeness (QED) is 0.819. The predicted octanol–water partition coefficient (Wildman–Crippen LogP) is 3.52. The van der Waals surface area contributed by atoms with Crippen molar-refractivity contribution in [1.29, 1.82) is 0 Å². The molecule has 1 saturated heterocycles. The van der Waals surface area contributed by atoms with Gasteiger partial charge in [0.1, 0.15) is 17.5 Å². The van der Waals surface area contributed by atoms with Crippen LogP contribution in [0.1, 0.15) is 18.6 Å². The van der Waals surface area contributed by atoms with Crippen molar-refractivity contribution in [2.24, 2.45) is 11.8 Å². The number of aliphatic hydroxyl groups is 1. The molecule has 2 aliphatic rings. The summed E-state index contributed by atoms with van der Waals surface area (Å²) in [6.07, 6.45) is -4.23. The van der Waals surface area contributed by atoms with Crippen molar-refractivity contribution in [3.05, 3.63) is 36.1 Å². The molecule has 0 bridgehead atoms. The van der Waals surface area contributed by atoms with E-state index >= 15 is 0 Å². The SMILES string of the molecule is Cl.O[C@@H]1C[C@H]2CNC[C@H]2C[C@H]1Oc1ccccc1-c1cc(C(F)(F)F)on1. The van der Waals surface area contributed by atoms with Crippen LogP contribution < -0.4 is 10.1 Å². The Bertz CT molecular complexity index is 783. The topological polar surface area (TPSA) is 67.5 Å². The van der Waals surface area contributed by atoms with Crippen molar-refractivity contribution in [2.45, 2.75) is 31.2 Å². The van der Waals surface area contributed by atoms with E-state index < -0.39 is 24.1 Å². The van der Waals surface area contributed by atoms with E-state index in [1.54, 1.807) is 24.3 Å². The maximum absolute atomic E-state index is 12.8. The molecule has 1 aromatic heterocycles. The van der Waals surface area contributed by atoms with Gasteiger partial charge >= 0.3 is 6.18 Å². The van der Waals surface area contributed by atoms with Crippen molar-refractivity contribution >= 4 is 12.4 Å². The second kappa shape index (κ2) is 7.69. The second-order valence-electron chi connectivity index (χ2n) is 6.94. The summed E-state index contributed by atoms with van der Waals surface area (Å²) >= 11 is 0. The summed E-state index contributed by atoms with van der Waals surface area (Å²) in [5.74, 6) is 0.132.